The highest BCUT2D eigenvalue weighted by Gasteiger charge is 2.41. The lowest BCUT2D eigenvalue weighted by atomic mass is 9.80. The van der Waals surface area contributed by atoms with Gasteiger partial charge in [0.1, 0.15) is 0 Å². The molecule has 0 radical (unpaired) electrons. The summed E-state index contributed by atoms with van der Waals surface area (Å²) in [4.78, 5) is 3.54. The molecule has 0 spiro atoms. The van der Waals surface area contributed by atoms with E-state index in [1.807, 2.05) is 0 Å². The van der Waals surface area contributed by atoms with Crippen LogP contribution in [0.15, 0.2) is 11.4 Å². The summed E-state index contributed by atoms with van der Waals surface area (Å²) in [5.41, 5.74) is 1.04. The van der Waals surface area contributed by atoms with Crippen molar-refractivity contribution in [2.45, 2.75) is 57.1 Å². The normalized spacial score (nSPS) is 21.8. The zero-order chi connectivity index (χ0) is 13.2. The molecule has 0 saturated heterocycles. The van der Waals surface area contributed by atoms with Gasteiger partial charge in [0.25, 0.3) is 0 Å². The summed E-state index contributed by atoms with van der Waals surface area (Å²) < 4.78 is 0. The highest BCUT2D eigenvalue weighted by molar-refractivity contribution is 7.10. The molecular formula is C15H25NOS. The van der Waals surface area contributed by atoms with Crippen LogP contribution in [-0.4, -0.2) is 29.6 Å². The SMILES string of the molecule is Cc1cc(C(O)C2(N(C)C)CCCCCC2)cs1. The van der Waals surface area contributed by atoms with Gasteiger partial charge in [-0.2, -0.15) is 0 Å². The van der Waals surface area contributed by atoms with E-state index in [1.165, 1.54) is 30.6 Å². The Morgan fingerprint density at radius 3 is 2.28 bits per heavy atom. The third-order valence-electron chi connectivity index (χ3n) is 4.44. The smallest absolute Gasteiger partial charge is 0.0981 e. The van der Waals surface area contributed by atoms with Crippen molar-refractivity contribution in [3.8, 4) is 0 Å². The highest BCUT2D eigenvalue weighted by Crippen LogP contribution is 2.41. The van der Waals surface area contributed by atoms with Crippen molar-refractivity contribution in [1.29, 1.82) is 0 Å². The first-order valence-electron chi connectivity index (χ1n) is 6.97. The average molecular weight is 267 g/mol. The minimum absolute atomic E-state index is 0.0655. The fraction of sp³-hybridized carbons (Fsp3) is 0.733. The molecule has 1 atom stereocenters. The predicted molar refractivity (Wildman–Crippen MR) is 78.1 cm³/mol. The molecule has 1 aromatic rings. The van der Waals surface area contributed by atoms with Gasteiger partial charge in [0.2, 0.25) is 0 Å². The van der Waals surface area contributed by atoms with Gasteiger partial charge in [-0.1, -0.05) is 25.7 Å². The van der Waals surface area contributed by atoms with E-state index in [1.54, 1.807) is 11.3 Å². The molecular weight excluding hydrogens is 242 g/mol. The van der Waals surface area contributed by atoms with Crippen molar-refractivity contribution in [1.82, 2.24) is 4.90 Å². The molecule has 1 saturated carbocycles. The van der Waals surface area contributed by atoms with Crippen LogP contribution in [0.2, 0.25) is 0 Å². The Morgan fingerprint density at radius 1 is 1.22 bits per heavy atom. The molecule has 1 N–H and O–H groups in total. The van der Waals surface area contributed by atoms with Crippen LogP contribution in [0.4, 0.5) is 0 Å². The fourth-order valence-electron chi connectivity index (χ4n) is 3.22. The summed E-state index contributed by atoms with van der Waals surface area (Å²) in [6.45, 7) is 2.11. The molecule has 1 heterocycles. The third-order valence-corrected chi connectivity index (χ3v) is 5.32. The maximum Gasteiger partial charge on any atom is 0.0981 e. The van der Waals surface area contributed by atoms with Crippen molar-refractivity contribution in [3.05, 3.63) is 21.9 Å². The zero-order valence-corrected chi connectivity index (χ0v) is 12.6. The van der Waals surface area contributed by atoms with Crippen LogP contribution in [0.5, 0.6) is 0 Å². The highest BCUT2D eigenvalue weighted by atomic mass is 32.1. The Kier molecular flexibility index (Phi) is 4.46. The van der Waals surface area contributed by atoms with Gasteiger partial charge in [-0.05, 0) is 50.9 Å². The molecule has 0 aliphatic heterocycles. The molecule has 0 bridgehead atoms. The van der Waals surface area contributed by atoms with Gasteiger partial charge in [-0.3, -0.25) is 0 Å². The van der Waals surface area contributed by atoms with Crippen LogP contribution in [0, 0.1) is 6.92 Å². The molecule has 1 fully saturated rings. The minimum Gasteiger partial charge on any atom is -0.386 e. The largest absolute Gasteiger partial charge is 0.386 e. The zero-order valence-electron chi connectivity index (χ0n) is 11.8. The van der Waals surface area contributed by atoms with Crippen molar-refractivity contribution in [2.75, 3.05) is 14.1 Å². The molecule has 18 heavy (non-hydrogen) atoms. The lowest BCUT2D eigenvalue weighted by molar-refractivity contribution is -0.0196. The monoisotopic (exact) mass is 267 g/mol. The van der Waals surface area contributed by atoms with Crippen LogP contribution in [0.25, 0.3) is 0 Å². The van der Waals surface area contributed by atoms with E-state index in [4.69, 9.17) is 0 Å². The van der Waals surface area contributed by atoms with Crippen molar-refractivity contribution in [2.24, 2.45) is 0 Å². The van der Waals surface area contributed by atoms with E-state index >= 15 is 0 Å². The molecule has 1 aromatic heterocycles. The predicted octanol–water partition coefficient (Wildman–Crippen LogP) is 3.74. The van der Waals surface area contributed by atoms with Crippen LogP contribution in [-0.2, 0) is 0 Å². The van der Waals surface area contributed by atoms with Crippen molar-refractivity contribution < 1.29 is 5.11 Å². The van der Waals surface area contributed by atoms with E-state index in [2.05, 4.69) is 37.4 Å². The quantitative estimate of drug-likeness (QED) is 0.843. The number of aliphatic hydroxyl groups is 1. The number of thiophene rings is 1. The summed E-state index contributed by atoms with van der Waals surface area (Å²) in [5, 5.41) is 13.0. The Labute approximate surface area is 115 Å². The molecule has 1 aliphatic carbocycles. The second kappa shape index (κ2) is 5.72. The summed E-state index contributed by atoms with van der Waals surface area (Å²) in [6.07, 6.45) is 6.95. The second-order valence-corrected chi connectivity index (χ2v) is 6.92. The summed E-state index contributed by atoms with van der Waals surface area (Å²) >= 11 is 1.73. The lowest BCUT2D eigenvalue weighted by Gasteiger charge is -2.43. The first-order valence-corrected chi connectivity index (χ1v) is 7.85. The summed E-state index contributed by atoms with van der Waals surface area (Å²) in [5.74, 6) is 0. The van der Waals surface area contributed by atoms with Crippen LogP contribution in [0.3, 0.4) is 0 Å². The van der Waals surface area contributed by atoms with Crippen LogP contribution >= 0.6 is 11.3 Å². The van der Waals surface area contributed by atoms with Crippen LogP contribution in [0.1, 0.15) is 55.1 Å². The maximum absolute atomic E-state index is 10.9. The number of likely N-dealkylation sites (N-methyl/N-ethyl adjacent to an activating group) is 1. The van der Waals surface area contributed by atoms with Gasteiger partial charge >= 0.3 is 0 Å². The van der Waals surface area contributed by atoms with Gasteiger partial charge in [0.15, 0.2) is 0 Å². The molecule has 2 rings (SSSR count). The first kappa shape index (κ1) is 14.0. The number of aryl methyl sites for hydroxylation is 1. The topological polar surface area (TPSA) is 23.5 Å². The second-order valence-electron chi connectivity index (χ2n) is 5.81. The van der Waals surface area contributed by atoms with Gasteiger partial charge < -0.3 is 10.0 Å². The number of nitrogens with zero attached hydrogens (tertiary/aromatic N) is 1. The molecule has 3 heteroatoms. The van der Waals surface area contributed by atoms with Gasteiger partial charge in [-0.25, -0.2) is 0 Å². The Balaban J connectivity index is 2.28. The summed E-state index contributed by atoms with van der Waals surface area (Å²) in [6, 6.07) is 2.14. The number of hydrogen-bond donors (Lipinski definition) is 1. The van der Waals surface area contributed by atoms with Crippen LogP contribution < -0.4 is 0 Å². The fourth-order valence-corrected chi connectivity index (χ4v) is 3.95. The lowest BCUT2D eigenvalue weighted by Crippen LogP contribution is -2.48. The Bertz CT molecular complexity index is 378. The summed E-state index contributed by atoms with van der Waals surface area (Å²) in [7, 11) is 4.24. The minimum atomic E-state index is -0.351. The first-order chi connectivity index (χ1) is 8.56. The van der Waals surface area contributed by atoms with E-state index in [0.717, 1.165) is 18.4 Å². The molecule has 0 aromatic carbocycles. The Hall–Kier alpha value is -0.380. The third kappa shape index (κ3) is 2.63. The maximum atomic E-state index is 10.9. The van der Waals surface area contributed by atoms with E-state index < -0.39 is 0 Å². The molecule has 1 aliphatic rings. The molecule has 102 valence electrons. The molecule has 0 amide bonds. The molecule has 2 nitrogen and oxygen atoms in total. The van der Waals surface area contributed by atoms with Gasteiger partial charge in [0.05, 0.1) is 11.6 Å². The number of hydrogen-bond acceptors (Lipinski definition) is 3. The average Bonchev–Trinajstić information content (AvgIpc) is 2.63. The molecule has 1 unspecified atom stereocenters. The van der Waals surface area contributed by atoms with Crippen molar-refractivity contribution in [3.63, 3.8) is 0 Å². The standard InChI is InChI=1S/C15H25NOS/c1-12-10-13(11-18-12)14(17)15(16(2)3)8-6-4-5-7-9-15/h10-11,14,17H,4-9H2,1-3H3. The van der Waals surface area contributed by atoms with Crippen molar-refractivity contribution >= 4 is 11.3 Å². The van der Waals surface area contributed by atoms with E-state index in [-0.39, 0.29) is 11.6 Å². The van der Waals surface area contributed by atoms with Gasteiger partial charge in [-0.15, -0.1) is 11.3 Å². The number of aliphatic hydroxyl groups excluding tert-OH is 1. The van der Waals surface area contributed by atoms with E-state index in [9.17, 15) is 5.11 Å². The number of rotatable bonds is 3. The van der Waals surface area contributed by atoms with E-state index in [0.29, 0.717) is 0 Å². The van der Waals surface area contributed by atoms with Gasteiger partial charge in [0, 0.05) is 4.88 Å². The Morgan fingerprint density at radius 2 is 1.83 bits per heavy atom.